The second kappa shape index (κ2) is 5.64. The minimum atomic E-state index is 0.626. The summed E-state index contributed by atoms with van der Waals surface area (Å²) in [5.41, 5.74) is 4.55. The fourth-order valence-corrected chi connectivity index (χ4v) is 3.52. The molecule has 4 nitrogen and oxygen atoms in total. The van der Waals surface area contributed by atoms with Gasteiger partial charge in [0.05, 0.1) is 18.4 Å². The molecular formula is C21H17N3O. The molecule has 0 fully saturated rings. The largest absolute Gasteiger partial charge is 0.496 e. The van der Waals surface area contributed by atoms with Gasteiger partial charge in [-0.15, -0.1) is 0 Å². The highest BCUT2D eigenvalue weighted by atomic mass is 16.5. The average molecular weight is 327 g/mol. The molecule has 0 N–H and O–H groups in total. The first-order valence-corrected chi connectivity index (χ1v) is 8.09. The number of hydrogen-bond donors (Lipinski definition) is 0. The second-order valence-electron chi connectivity index (χ2n) is 6.13. The number of aryl methyl sites for hydroxylation is 1. The maximum Gasteiger partial charge on any atom is 0.146 e. The smallest absolute Gasteiger partial charge is 0.146 e. The van der Waals surface area contributed by atoms with Crippen molar-refractivity contribution in [2.45, 2.75) is 13.8 Å². The molecule has 2 aromatic carbocycles. The van der Waals surface area contributed by atoms with Gasteiger partial charge in [0.15, 0.2) is 0 Å². The van der Waals surface area contributed by atoms with Gasteiger partial charge in [0.25, 0.3) is 0 Å². The Kier molecular flexibility index (Phi) is 3.43. The third-order valence-electron chi connectivity index (χ3n) is 4.70. The zero-order valence-corrected chi connectivity index (χ0v) is 14.4. The van der Waals surface area contributed by atoms with Crippen LogP contribution in [-0.2, 0) is 0 Å². The third kappa shape index (κ3) is 2.17. The SMILES string of the molecule is COc1ccc(C)c(-n2cc(C#N)c3c4ccccc4cnc32)c1C. The number of rotatable bonds is 2. The van der Waals surface area contributed by atoms with Crippen molar-refractivity contribution >= 4 is 21.8 Å². The van der Waals surface area contributed by atoms with Crippen molar-refractivity contribution in [1.29, 1.82) is 5.26 Å². The Morgan fingerprint density at radius 1 is 1.12 bits per heavy atom. The molecule has 0 aliphatic rings. The van der Waals surface area contributed by atoms with E-state index in [4.69, 9.17) is 4.74 Å². The average Bonchev–Trinajstić information content (AvgIpc) is 3.01. The Morgan fingerprint density at radius 3 is 2.68 bits per heavy atom. The molecule has 2 aromatic heterocycles. The van der Waals surface area contributed by atoms with Crippen LogP contribution in [0.1, 0.15) is 16.7 Å². The molecule has 0 spiro atoms. The molecule has 0 saturated heterocycles. The third-order valence-corrected chi connectivity index (χ3v) is 4.70. The topological polar surface area (TPSA) is 50.8 Å². The van der Waals surface area contributed by atoms with E-state index in [0.29, 0.717) is 5.56 Å². The molecule has 4 aromatic rings. The van der Waals surface area contributed by atoms with Crippen LogP contribution in [0.25, 0.3) is 27.5 Å². The Bertz CT molecular complexity index is 1170. The van der Waals surface area contributed by atoms with Gasteiger partial charge in [0.2, 0.25) is 0 Å². The van der Waals surface area contributed by atoms with Crippen molar-refractivity contribution in [3.8, 4) is 17.5 Å². The lowest BCUT2D eigenvalue weighted by atomic mass is 10.1. The maximum absolute atomic E-state index is 9.68. The molecule has 0 atom stereocenters. The summed E-state index contributed by atoms with van der Waals surface area (Å²) in [6, 6.07) is 14.3. The van der Waals surface area contributed by atoms with Gasteiger partial charge in [0, 0.05) is 28.7 Å². The van der Waals surface area contributed by atoms with Crippen LogP contribution in [0.5, 0.6) is 5.75 Å². The first-order chi connectivity index (χ1) is 12.2. The van der Waals surface area contributed by atoms with E-state index in [-0.39, 0.29) is 0 Å². The van der Waals surface area contributed by atoms with Crippen molar-refractivity contribution in [3.63, 3.8) is 0 Å². The maximum atomic E-state index is 9.68. The molecule has 0 amide bonds. The predicted molar refractivity (Wildman–Crippen MR) is 99.3 cm³/mol. The van der Waals surface area contributed by atoms with Crippen molar-refractivity contribution < 1.29 is 4.74 Å². The lowest BCUT2D eigenvalue weighted by Crippen LogP contribution is -2.02. The lowest BCUT2D eigenvalue weighted by molar-refractivity contribution is 0.411. The summed E-state index contributed by atoms with van der Waals surface area (Å²) in [4.78, 5) is 4.66. The fourth-order valence-electron chi connectivity index (χ4n) is 3.52. The lowest BCUT2D eigenvalue weighted by Gasteiger charge is -2.15. The highest BCUT2D eigenvalue weighted by Gasteiger charge is 2.18. The van der Waals surface area contributed by atoms with Crippen molar-refractivity contribution in [3.05, 3.63) is 65.5 Å². The first kappa shape index (κ1) is 15.2. The number of pyridine rings is 1. The van der Waals surface area contributed by atoms with E-state index < -0.39 is 0 Å². The van der Waals surface area contributed by atoms with E-state index in [1.54, 1.807) is 7.11 Å². The van der Waals surface area contributed by atoms with Gasteiger partial charge in [-0.05, 0) is 30.9 Å². The number of nitriles is 1. The van der Waals surface area contributed by atoms with Crippen LogP contribution in [0.3, 0.4) is 0 Å². The molecule has 4 rings (SSSR count). The Balaban J connectivity index is 2.15. The summed E-state index contributed by atoms with van der Waals surface area (Å²) in [6.45, 7) is 4.08. The van der Waals surface area contributed by atoms with Crippen LogP contribution in [0.15, 0.2) is 48.8 Å². The predicted octanol–water partition coefficient (Wildman–Crippen LogP) is 4.68. The fraction of sp³-hybridized carbons (Fsp3) is 0.143. The van der Waals surface area contributed by atoms with Crippen LogP contribution in [0.4, 0.5) is 0 Å². The number of aromatic nitrogens is 2. The molecule has 0 aliphatic heterocycles. The first-order valence-electron chi connectivity index (χ1n) is 8.09. The number of nitrogens with zero attached hydrogens (tertiary/aromatic N) is 3. The molecule has 0 saturated carbocycles. The zero-order valence-electron chi connectivity index (χ0n) is 14.4. The van der Waals surface area contributed by atoms with E-state index >= 15 is 0 Å². The summed E-state index contributed by atoms with van der Waals surface area (Å²) in [7, 11) is 1.67. The van der Waals surface area contributed by atoms with Crippen LogP contribution >= 0.6 is 0 Å². The van der Waals surface area contributed by atoms with Gasteiger partial charge in [-0.2, -0.15) is 5.26 Å². The van der Waals surface area contributed by atoms with Crippen molar-refractivity contribution in [2.24, 2.45) is 0 Å². The number of benzene rings is 2. The van der Waals surface area contributed by atoms with E-state index in [1.807, 2.05) is 60.3 Å². The second-order valence-corrected chi connectivity index (χ2v) is 6.13. The van der Waals surface area contributed by atoms with Crippen LogP contribution in [-0.4, -0.2) is 16.7 Å². The van der Waals surface area contributed by atoms with Crippen LogP contribution in [0, 0.1) is 25.2 Å². The standard InChI is InChI=1S/C21H17N3O/c1-13-8-9-18(25-3)14(2)20(13)24-12-16(10-22)19-17-7-5-4-6-15(17)11-23-21(19)24/h4-9,11-12H,1-3H3. The summed E-state index contributed by atoms with van der Waals surface area (Å²) in [5, 5.41) is 12.6. The Hall–Kier alpha value is -3.32. The molecule has 0 aliphatic carbocycles. The number of hydrogen-bond acceptors (Lipinski definition) is 3. The van der Waals surface area contributed by atoms with Gasteiger partial charge in [-0.25, -0.2) is 4.98 Å². The van der Waals surface area contributed by atoms with E-state index in [0.717, 1.165) is 44.4 Å². The molecule has 0 bridgehead atoms. The molecule has 0 unspecified atom stereocenters. The van der Waals surface area contributed by atoms with Gasteiger partial charge in [-0.3, -0.25) is 4.57 Å². The van der Waals surface area contributed by atoms with Crippen LogP contribution < -0.4 is 4.74 Å². The minimum Gasteiger partial charge on any atom is -0.496 e. The van der Waals surface area contributed by atoms with E-state index in [9.17, 15) is 5.26 Å². The summed E-state index contributed by atoms with van der Waals surface area (Å²) in [5.74, 6) is 0.821. The Labute approximate surface area is 145 Å². The number of fused-ring (bicyclic) bond motifs is 3. The van der Waals surface area contributed by atoms with E-state index in [1.165, 1.54) is 0 Å². The molecule has 2 heterocycles. The van der Waals surface area contributed by atoms with Gasteiger partial charge < -0.3 is 4.74 Å². The summed E-state index contributed by atoms with van der Waals surface area (Å²) >= 11 is 0. The monoisotopic (exact) mass is 327 g/mol. The highest BCUT2D eigenvalue weighted by molar-refractivity contribution is 6.08. The van der Waals surface area contributed by atoms with E-state index in [2.05, 4.69) is 18.0 Å². The molecule has 122 valence electrons. The van der Waals surface area contributed by atoms with Crippen molar-refractivity contribution in [2.75, 3.05) is 7.11 Å². The zero-order chi connectivity index (χ0) is 17.6. The molecule has 0 radical (unpaired) electrons. The minimum absolute atomic E-state index is 0.626. The number of methoxy groups -OCH3 is 1. The highest BCUT2D eigenvalue weighted by Crippen LogP contribution is 2.34. The van der Waals surface area contributed by atoms with Gasteiger partial charge in [-0.1, -0.05) is 30.3 Å². The number of ether oxygens (including phenoxy) is 1. The van der Waals surface area contributed by atoms with Crippen LogP contribution in [0.2, 0.25) is 0 Å². The van der Waals surface area contributed by atoms with Crippen molar-refractivity contribution in [1.82, 2.24) is 9.55 Å². The molecule has 25 heavy (non-hydrogen) atoms. The van der Waals surface area contributed by atoms with Gasteiger partial charge >= 0.3 is 0 Å². The van der Waals surface area contributed by atoms with Gasteiger partial charge in [0.1, 0.15) is 17.5 Å². The summed E-state index contributed by atoms with van der Waals surface area (Å²) in [6.07, 6.45) is 3.74. The molecular weight excluding hydrogens is 310 g/mol. The quantitative estimate of drug-likeness (QED) is 0.537. The summed E-state index contributed by atoms with van der Waals surface area (Å²) < 4.78 is 7.49. The Morgan fingerprint density at radius 2 is 1.92 bits per heavy atom. The molecule has 4 heteroatoms. The normalized spacial score (nSPS) is 11.0.